The van der Waals surface area contributed by atoms with E-state index in [1.807, 2.05) is 12.4 Å². The van der Waals surface area contributed by atoms with Gasteiger partial charge in [-0.2, -0.15) is 0 Å². The van der Waals surface area contributed by atoms with Gasteiger partial charge in [0.25, 0.3) is 0 Å². The van der Waals surface area contributed by atoms with Gasteiger partial charge < -0.3 is 5.01 Å². The predicted molar refractivity (Wildman–Crippen MR) is 102 cm³/mol. The van der Waals surface area contributed by atoms with Gasteiger partial charge in [-0.1, -0.05) is 40.0 Å². The van der Waals surface area contributed by atoms with Crippen molar-refractivity contribution in [1.29, 1.82) is 0 Å². The Bertz CT molecular complexity index is 404. The van der Waals surface area contributed by atoms with Crippen molar-refractivity contribution in [3.05, 3.63) is 24.5 Å². The van der Waals surface area contributed by atoms with Gasteiger partial charge >= 0.3 is 0 Å². The van der Waals surface area contributed by atoms with Gasteiger partial charge in [-0.15, -0.1) is 12.4 Å². The average Bonchev–Trinajstić information content (AvgIpc) is 2.57. The van der Waals surface area contributed by atoms with Crippen molar-refractivity contribution >= 4 is 18.1 Å². The molecule has 0 aliphatic carbocycles. The maximum absolute atomic E-state index is 4.19. The molecule has 23 heavy (non-hydrogen) atoms. The fourth-order valence-corrected chi connectivity index (χ4v) is 3.30. The number of pyridine rings is 1. The van der Waals surface area contributed by atoms with Crippen molar-refractivity contribution in [3.63, 3.8) is 0 Å². The van der Waals surface area contributed by atoms with Crippen molar-refractivity contribution < 1.29 is 0 Å². The van der Waals surface area contributed by atoms with Crippen LogP contribution in [0.2, 0.25) is 0 Å². The number of rotatable bonds is 8. The predicted octanol–water partition coefficient (Wildman–Crippen LogP) is 5.17. The number of aromatic nitrogens is 1. The molecule has 3 nitrogen and oxygen atoms in total. The van der Waals surface area contributed by atoms with Gasteiger partial charge in [-0.05, 0) is 43.2 Å². The molecular weight excluding hydrogens is 306 g/mol. The molecule has 1 fully saturated rings. The van der Waals surface area contributed by atoms with Crippen LogP contribution in [0.3, 0.4) is 0 Å². The van der Waals surface area contributed by atoms with Crippen molar-refractivity contribution in [2.45, 2.75) is 59.3 Å². The zero-order valence-electron chi connectivity index (χ0n) is 15.1. The van der Waals surface area contributed by atoms with E-state index in [2.05, 4.69) is 47.9 Å². The lowest BCUT2D eigenvalue weighted by Crippen LogP contribution is -2.49. The molecule has 1 aliphatic rings. The molecule has 0 aromatic carbocycles. The SMILES string of the molecule is CCCCC(CC)CN(c1ccncc1)N1CCC(C)CC1.Cl. The number of unbranched alkanes of at least 4 members (excludes halogenated alkanes) is 1. The van der Waals surface area contributed by atoms with E-state index in [0.717, 1.165) is 18.4 Å². The first-order valence-corrected chi connectivity index (χ1v) is 9.17. The van der Waals surface area contributed by atoms with Crippen LogP contribution in [0.25, 0.3) is 0 Å². The second kappa shape index (κ2) is 10.9. The minimum Gasteiger partial charge on any atom is -0.305 e. The van der Waals surface area contributed by atoms with E-state index < -0.39 is 0 Å². The third kappa shape index (κ3) is 6.31. The summed E-state index contributed by atoms with van der Waals surface area (Å²) in [7, 11) is 0. The summed E-state index contributed by atoms with van der Waals surface area (Å²) in [5, 5.41) is 5.11. The molecule has 2 rings (SSSR count). The molecule has 132 valence electrons. The summed E-state index contributed by atoms with van der Waals surface area (Å²) in [6.45, 7) is 10.5. The largest absolute Gasteiger partial charge is 0.305 e. The van der Waals surface area contributed by atoms with Gasteiger partial charge in [0.1, 0.15) is 0 Å². The minimum absolute atomic E-state index is 0. The van der Waals surface area contributed by atoms with Crippen molar-refractivity contribution in [2.24, 2.45) is 11.8 Å². The topological polar surface area (TPSA) is 19.4 Å². The fraction of sp³-hybridized carbons (Fsp3) is 0.737. The van der Waals surface area contributed by atoms with E-state index in [4.69, 9.17) is 0 Å². The second-order valence-electron chi connectivity index (χ2n) is 6.84. The number of nitrogens with zero attached hydrogens (tertiary/aromatic N) is 3. The highest BCUT2D eigenvalue weighted by molar-refractivity contribution is 5.85. The van der Waals surface area contributed by atoms with Crippen LogP contribution < -0.4 is 5.01 Å². The van der Waals surface area contributed by atoms with Crippen molar-refractivity contribution in [2.75, 3.05) is 24.6 Å². The Morgan fingerprint density at radius 1 is 1.22 bits per heavy atom. The van der Waals surface area contributed by atoms with Gasteiger partial charge in [-0.25, -0.2) is 5.01 Å². The maximum atomic E-state index is 4.19. The lowest BCUT2D eigenvalue weighted by atomic mass is 9.98. The van der Waals surface area contributed by atoms with E-state index >= 15 is 0 Å². The van der Waals surface area contributed by atoms with Gasteiger partial charge in [-0.3, -0.25) is 4.98 Å². The van der Waals surface area contributed by atoms with Crippen LogP contribution in [-0.4, -0.2) is 29.6 Å². The van der Waals surface area contributed by atoms with E-state index in [-0.39, 0.29) is 12.4 Å². The summed E-state index contributed by atoms with van der Waals surface area (Å²) in [6, 6.07) is 4.31. The second-order valence-corrected chi connectivity index (χ2v) is 6.84. The zero-order chi connectivity index (χ0) is 15.8. The number of halogens is 1. The quantitative estimate of drug-likeness (QED) is 0.651. The molecule has 4 heteroatoms. The van der Waals surface area contributed by atoms with Gasteiger partial charge in [0.05, 0.1) is 5.69 Å². The molecule has 1 unspecified atom stereocenters. The lowest BCUT2D eigenvalue weighted by molar-refractivity contribution is 0.165. The van der Waals surface area contributed by atoms with Crippen LogP contribution in [0.15, 0.2) is 24.5 Å². The van der Waals surface area contributed by atoms with Crippen LogP contribution >= 0.6 is 12.4 Å². The Balaban J connectivity index is 0.00000264. The third-order valence-electron chi connectivity index (χ3n) is 5.04. The summed E-state index contributed by atoms with van der Waals surface area (Å²) in [5.74, 6) is 1.66. The minimum atomic E-state index is 0. The molecule has 0 saturated carbocycles. The molecule has 0 bridgehead atoms. The number of hydrogen-bond donors (Lipinski definition) is 0. The number of hydrogen-bond acceptors (Lipinski definition) is 3. The smallest absolute Gasteiger partial charge is 0.0552 e. The summed E-state index contributed by atoms with van der Waals surface area (Å²) in [6.07, 6.45) is 11.7. The lowest BCUT2D eigenvalue weighted by Gasteiger charge is -2.42. The molecule has 1 aromatic rings. The highest BCUT2D eigenvalue weighted by Crippen LogP contribution is 2.25. The molecule has 1 atom stereocenters. The molecule has 0 amide bonds. The van der Waals surface area contributed by atoms with Crippen LogP contribution in [0.5, 0.6) is 0 Å². The van der Waals surface area contributed by atoms with Gasteiger partial charge in [0.15, 0.2) is 0 Å². The highest BCUT2D eigenvalue weighted by atomic mass is 35.5. The third-order valence-corrected chi connectivity index (χ3v) is 5.04. The Labute approximate surface area is 148 Å². The van der Waals surface area contributed by atoms with Crippen molar-refractivity contribution in [1.82, 2.24) is 9.99 Å². The molecule has 1 aromatic heterocycles. The maximum Gasteiger partial charge on any atom is 0.0552 e. The first-order chi connectivity index (χ1) is 10.7. The molecule has 1 aliphatic heterocycles. The number of piperidine rings is 1. The Morgan fingerprint density at radius 2 is 1.87 bits per heavy atom. The van der Waals surface area contributed by atoms with Crippen LogP contribution in [0.4, 0.5) is 5.69 Å². The highest BCUT2D eigenvalue weighted by Gasteiger charge is 2.23. The summed E-state index contributed by atoms with van der Waals surface area (Å²) in [4.78, 5) is 4.19. The molecule has 0 spiro atoms. The summed E-state index contributed by atoms with van der Waals surface area (Å²) in [5.41, 5.74) is 1.31. The molecule has 1 saturated heterocycles. The molecule has 2 heterocycles. The van der Waals surface area contributed by atoms with Gasteiger partial charge in [0.2, 0.25) is 0 Å². The summed E-state index contributed by atoms with van der Waals surface area (Å²) < 4.78 is 0. The normalized spacial score (nSPS) is 17.5. The van der Waals surface area contributed by atoms with Crippen LogP contribution in [0.1, 0.15) is 59.3 Å². The van der Waals surface area contributed by atoms with Crippen molar-refractivity contribution in [3.8, 4) is 0 Å². The van der Waals surface area contributed by atoms with Crippen LogP contribution in [-0.2, 0) is 0 Å². The number of hydrazine groups is 1. The average molecular weight is 340 g/mol. The van der Waals surface area contributed by atoms with E-state index in [1.165, 1.54) is 57.3 Å². The summed E-state index contributed by atoms with van der Waals surface area (Å²) >= 11 is 0. The molecule has 0 radical (unpaired) electrons. The first kappa shape index (κ1) is 20.2. The fourth-order valence-electron chi connectivity index (χ4n) is 3.30. The van der Waals surface area contributed by atoms with Gasteiger partial charge in [0, 0.05) is 32.0 Å². The monoisotopic (exact) mass is 339 g/mol. The Hall–Kier alpha value is -0.800. The Morgan fingerprint density at radius 3 is 2.43 bits per heavy atom. The van der Waals surface area contributed by atoms with E-state index in [9.17, 15) is 0 Å². The van der Waals surface area contributed by atoms with Crippen LogP contribution in [0, 0.1) is 11.8 Å². The first-order valence-electron chi connectivity index (χ1n) is 9.17. The molecule has 0 N–H and O–H groups in total. The standard InChI is InChI=1S/C19H33N3.ClH/c1-4-6-7-18(5-2)16-22(19-8-12-20-13-9-19)21-14-10-17(3)11-15-21;/h8-9,12-13,17-18H,4-7,10-11,14-16H2,1-3H3;1H. The van der Waals surface area contributed by atoms with E-state index in [1.54, 1.807) is 0 Å². The van der Waals surface area contributed by atoms with E-state index in [0.29, 0.717) is 0 Å². The Kier molecular flexibility index (Phi) is 9.57. The zero-order valence-corrected chi connectivity index (χ0v) is 15.9. The molecular formula is C19H34ClN3. The number of anilines is 1.